The van der Waals surface area contributed by atoms with Crippen LogP contribution in [-0.4, -0.2) is 21.3 Å². The van der Waals surface area contributed by atoms with E-state index >= 15 is 0 Å². The van der Waals surface area contributed by atoms with Crippen LogP contribution >= 0.6 is 0 Å². The summed E-state index contributed by atoms with van der Waals surface area (Å²) in [5.41, 5.74) is 0.589. The third-order valence-electron chi connectivity index (χ3n) is 3.38. The van der Waals surface area contributed by atoms with E-state index in [4.69, 9.17) is 4.74 Å². The molecule has 0 fully saturated rings. The molecular weight excluding hydrogens is 566 g/mol. The molecule has 0 bridgehead atoms. The Kier molecular flexibility index (Phi) is 18.2. The first-order chi connectivity index (χ1) is 13.8. The van der Waals surface area contributed by atoms with Crippen molar-refractivity contribution >= 4 is 0 Å². The van der Waals surface area contributed by atoms with Gasteiger partial charge in [-0.1, -0.05) is 12.1 Å². The summed E-state index contributed by atoms with van der Waals surface area (Å²) in [6, 6.07) is 16.4. The van der Waals surface area contributed by atoms with Gasteiger partial charge in [0.15, 0.2) is 11.6 Å². The molecule has 0 atom stereocenters. The van der Waals surface area contributed by atoms with Gasteiger partial charge in [0.1, 0.15) is 0 Å². The molecule has 0 unspecified atom stereocenters. The molecule has 3 aromatic rings. The number of hydrogen-bond donors (Lipinski definition) is 0. The zero-order valence-electron chi connectivity index (χ0n) is 17.5. The summed E-state index contributed by atoms with van der Waals surface area (Å²) >= 11 is 0. The van der Waals surface area contributed by atoms with Crippen molar-refractivity contribution in [3.63, 3.8) is 0 Å². The smallest absolute Gasteiger partial charge is 0.200 e. The summed E-state index contributed by atoms with van der Waals surface area (Å²) < 4.78 is 63.9. The average Bonchev–Trinajstić information content (AvgIpc) is 2.73. The van der Waals surface area contributed by atoms with Gasteiger partial charge in [0.05, 0.1) is 21.3 Å². The fraction of sp³-hybridized carbons (Fsp3) is 0.182. The van der Waals surface area contributed by atoms with E-state index in [1.165, 1.54) is 51.7 Å². The van der Waals surface area contributed by atoms with E-state index in [1.807, 2.05) is 0 Å². The summed E-state index contributed by atoms with van der Waals surface area (Å²) in [7, 11) is 4.20. The first-order valence-corrected chi connectivity index (χ1v) is 8.24. The first-order valence-electron chi connectivity index (χ1n) is 8.24. The maximum absolute atomic E-state index is 12.8. The zero-order chi connectivity index (χ0) is 21.8. The minimum absolute atomic E-state index is 0. The Balaban J connectivity index is 0. The van der Waals surface area contributed by atoms with Crippen LogP contribution in [0.5, 0.6) is 17.2 Å². The molecule has 0 aromatic heterocycles. The normalized spacial score (nSPS) is 8.77. The Hall–Kier alpha value is -1.01. The quantitative estimate of drug-likeness (QED) is 0.298. The molecule has 3 rings (SSSR count). The molecule has 0 saturated carbocycles. The molecule has 3 aromatic carbocycles. The van der Waals surface area contributed by atoms with Gasteiger partial charge in [0.25, 0.3) is 0 Å². The number of para-hydroxylation sites is 1. The van der Waals surface area contributed by atoms with Crippen molar-refractivity contribution in [3.05, 3.63) is 89.5 Å². The molecule has 3 nitrogen and oxygen atoms in total. The van der Waals surface area contributed by atoms with Gasteiger partial charge < -0.3 is 14.2 Å². The number of methoxy groups -OCH3 is 3. The Morgan fingerprint density at radius 1 is 0.742 bits per heavy atom. The second kappa shape index (κ2) is 17.5. The summed E-state index contributed by atoms with van der Waals surface area (Å²) in [5.74, 6) is -1.91. The van der Waals surface area contributed by atoms with Gasteiger partial charge in [0.2, 0.25) is 5.82 Å². The number of benzene rings is 3. The predicted octanol–water partition coefficient (Wildman–Crippen LogP) is 5.55. The van der Waals surface area contributed by atoms with Gasteiger partial charge in [-0.25, -0.2) is 8.78 Å². The van der Waals surface area contributed by atoms with Crippen LogP contribution in [0.2, 0.25) is 0 Å². The maximum atomic E-state index is 12.8. The SMILES string of the molecule is COc1[c-]ccc(F)c1.COc1[c-]cccc1F.COc1c(C)ccc(F)c1F.[Y].[Y]. The Morgan fingerprint density at radius 2 is 1.42 bits per heavy atom. The van der Waals surface area contributed by atoms with Crippen LogP contribution in [0.15, 0.2) is 48.5 Å². The van der Waals surface area contributed by atoms with Crippen molar-refractivity contribution in [2.24, 2.45) is 0 Å². The van der Waals surface area contributed by atoms with Gasteiger partial charge in [-0.05, 0) is 18.6 Å². The minimum Gasteiger partial charge on any atom is -0.523 e. The Morgan fingerprint density at radius 3 is 1.84 bits per heavy atom. The van der Waals surface area contributed by atoms with Crippen molar-refractivity contribution in [2.45, 2.75) is 6.92 Å². The fourth-order valence-corrected chi connectivity index (χ4v) is 1.97. The molecule has 0 heterocycles. The van der Waals surface area contributed by atoms with E-state index in [0.717, 1.165) is 6.07 Å². The van der Waals surface area contributed by atoms with Gasteiger partial charge in [-0.3, -0.25) is 4.39 Å². The largest absolute Gasteiger partial charge is 0.523 e. The van der Waals surface area contributed by atoms with E-state index < -0.39 is 11.6 Å². The molecule has 2 radical (unpaired) electrons. The van der Waals surface area contributed by atoms with Crippen molar-refractivity contribution in [1.29, 1.82) is 0 Å². The molecular formula is C22H20F4O3Y2-2. The molecule has 9 heteroatoms. The van der Waals surface area contributed by atoms with Gasteiger partial charge in [-0.2, -0.15) is 22.6 Å². The molecule has 0 saturated heterocycles. The van der Waals surface area contributed by atoms with E-state index in [1.54, 1.807) is 19.1 Å². The van der Waals surface area contributed by atoms with Crippen molar-refractivity contribution in [3.8, 4) is 17.2 Å². The van der Waals surface area contributed by atoms with Gasteiger partial charge >= 0.3 is 0 Å². The van der Waals surface area contributed by atoms with Crippen LogP contribution in [0.3, 0.4) is 0 Å². The Labute approximate surface area is 230 Å². The monoisotopic (exact) mass is 586 g/mol. The van der Waals surface area contributed by atoms with Gasteiger partial charge in [-0.15, -0.1) is 24.3 Å². The van der Waals surface area contributed by atoms with Crippen LogP contribution in [0.4, 0.5) is 17.6 Å². The zero-order valence-corrected chi connectivity index (χ0v) is 23.2. The molecule has 0 aliphatic heterocycles. The van der Waals surface area contributed by atoms with Crippen LogP contribution in [0, 0.1) is 42.3 Å². The number of ether oxygens (including phenoxy) is 3. The third-order valence-corrected chi connectivity index (χ3v) is 3.38. The summed E-state index contributed by atoms with van der Waals surface area (Å²) in [5, 5.41) is 0. The topological polar surface area (TPSA) is 27.7 Å². The minimum atomic E-state index is -0.924. The first kappa shape index (κ1) is 32.2. The standard InChI is InChI=1S/C8H8F2O.2C7H6FO.2Y/c1-5-3-4-6(9)7(10)8(5)11-2;1-9-7-4-2-3-6(8)5-7;1-9-7-5-3-2-4-6(7)8;;/h3-4H,1-2H3;2-3,5H,1H3;2-4H,1H3;;/q;2*-1;;. The molecule has 162 valence electrons. The third kappa shape index (κ3) is 11.4. The summed E-state index contributed by atoms with van der Waals surface area (Å²) in [6.07, 6.45) is 0. The maximum Gasteiger partial charge on any atom is 0.200 e. The van der Waals surface area contributed by atoms with Crippen molar-refractivity contribution < 1.29 is 97.2 Å². The molecule has 0 spiro atoms. The van der Waals surface area contributed by atoms with Crippen LogP contribution in [-0.2, 0) is 65.4 Å². The summed E-state index contributed by atoms with van der Waals surface area (Å²) in [6.45, 7) is 1.65. The van der Waals surface area contributed by atoms with Crippen LogP contribution in [0.25, 0.3) is 0 Å². The number of rotatable bonds is 3. The average molecular weight is 586 g/mol. The van der Waals surface area contributed by atoms with Crippen molar-refractivity contribution in [1.82, 2.24) is 0 Å². The van der Waals surface area contributed by atoms with Crippen LogP contribution < -0.4 is 14.2 Å². The number of hydrogen-bond acceptors (Lipinski definition) is 3. The van der Waals surface area contributed by atoms with E-state index in [-0.39, 0.29) is 88.6 Å². The van der Waals surface area contributed by atoms with E-state index in [0.29, 0.717) is 11.3 Å². The second-order valence-electron chi connectivity index (χ2n) is 5.34. The second-order valence-corrected chi connectivity index (χ2v) is 5.34. The molecule has 0 aliphatic carbocycles. The molecule has 0 N–H and O–H groups in total. The number of aryl methyl sites for hydroxylation is 1. The molecule has 0 aliphatic rings. The fourth-order valence-electron chi connectivity index (χ4n) is 1.97. The number of halogens is 4. The van der Waals surface area contributed by atoms with E-state index in [2.05, 4.69) is 21.6 Å². The van der Waals surface area contributed by atoms with Gasteiger partial charge in [0, 0.05) is 88.6 Å². The van der Waals surface area contributed by atoms with Crippen molar-refractivity contribution in [2.75, 3.05) is 21.3 Å². The summed E-state index contributed by atoms with van der Waals surface area (Å²) in [4.78, 5) is 0. The van der Waals surface area contributed by atoms with E-state index in [9.17, 15) is 17.6 Å². The molecule has 0 amide bonds. The predicted molar refractivity (Wildman–Crippen MR) is 101 cm³/mol. The Bertz CT molecular complexity index is 912. The van der Waals surface area contributed by atoms with Crippen LogP contribution in [0.1, 0.15) is 5.56 Å². The molecule has 31 heavy (non-hydrogen) atoms.